The first-order chi connectivity index (χ1) is 9.69. The van der Waals surface area contributed by atoms with Crippen molar-refractivity contribution in [3.05, 3.63) is 12.1 Å². The third-order valence-corrected chi connectivity index (χ3v) is 9.27. The van der Waals surface area contributed by atoms with Crippen LogP contribution in [-0.2, 0) is 4.43 Å². The summed E-state index contributed by atoms with van der Waals surface area (Å²) in [5, 5.41) is 8.36. The van der Waals surface area contributed by atoms with Gasteiger partial charge in [-0.15, -0.1) is 10.2 Å². The Labute approximate surface area is 129 Å². The lowest BCUT2D eigenvalue weighted by Gasteiger charge is -2.37. The summed E-state index contributed by atoms with van der Waals surface area (Å²) >= 11 is 0. The molecule has 1 unspecified atom stereocenters. The zero-order valence-corrected chi connectivity index (χ0v) is 14.9. The Hall–Kier alpha value is -1.14. The highest BCUT2D eigenvalue weighted by molar-refractivity contribution is 6.74. The van der Waals surface area contributed by atoms with Gasteiger partial charge in [0.2, 0.25) is 0 Å². The molecule has 2 heterocycles. The van der Waals surface area contributed by atoms with E-state index in [0.29, 0.717) is 11.7 Å². The minimum absolute atomic E-state index is 0.272. The summed E-state index contributed by atoms with van der Waals surface area (Å²) in [5.41, 5.74) is 5.58. The van der Waals surface area contributed by atoms with Crippen LogP contribution in [0.1, 0.15) is 27.2 Å². The van der Waals surface area contributed by atoms with Crippen LogP contribution < -0.4 is 10.6 Å². The van der Waals surface area contributed by atoms with Gasteiger partial charge in [-0.25, -0.2) is 0 Å². The van der Waals surface area contributed by atoms with Crippen molar-refractivity contribution < 1.29 is 4.43 Å². The highest BCUT2D eigenvalue weighted by Gasteiger charge is 2.38. The highest BCUT2D eigenvalue weighted by atomic mass is 28.4. The smallest absolute Gasteiger partial charge is 0.191 e. The molecule has 6 heteroatoms. The average Bonchev–Trinajstić information content (AvgIpc) is 2.85. The first kappa shape index (κ1) is 16.2. The molecule has 21 heavy (non-hydrogen) atoms. The SMILES string of the molecule is CC(C)(C)[Si](C)(C)OCC1CCN(c2ccc(N)nn2)C1. The molecule has 5 nitrogen and oxygen atoms in total. The fourth-order valence-electron chi connectivity index (χ4n) is 2.22. The fourth-order valence-corrected chi connectivity index (χ4v) is 3.31. The summed E-state index contributed by atoms with van der Waals surface area (Å²) < 4.78 is 6.34. The van der Waals surface area contributed by atoms with Gasteiger partial charge in [0.05, 0.1) is 0 Å². The Morgan fingerprint density at radius 3 is 2.62 bits per heavy atom. The summed E-state index contributed by atoms with van der Waals surface area (Å²) in [7, 11) is -1.64. The molecule has 0 spiro atoms. The van der Waals surface area contributed by atoms with E-state index in [4.69, 9.17) is 10.2 Å². The minimum Gasteiger partial charge on any atom is -0.416 e. The van der Waals surface area contributed by atoms with E-state index in [0.717, 1.165) is 31.9 Å². The summed E-state index contributed by atoms with van der Waals surface area (Å²) in [6.07, 6.45) is 1.15. The van der Waals surface area contributed by atoms with E-state index >= 15 is 0 Å². The largest absolute Gasteiger partial charge is 0.416 e. The van der Waals surface area contributed by atoms with Crippen LogP contribution >= 0.6 is 0 Å². The van der Waals surface area contributed by atoms with Crippen molar-refractivity contribution in [3.8, 4) is 0 Å². The molecule has 2 N–H and O–H groups in total. The van der Waals surface area contributed by atoms with Crippen molar-refractivity contribution in [2.24, 2.45) is 5.92 Å². The average molecular weight is 309 g/mol. The van der Waals surface area contributed by atoms with Crippen molar-refractivity contribution in [3.63, 3.8) is 0 Å². The van der Waals surface area contributed by atoms with Crippen LogP contribution in [0.3, 0.4) is 0 Å². The van der Waals surface area contributed by atoms with Crippen molar-refractivity contribution in [2.45, 2.75) is 45.3 Å². The second-order valence-electron chi connectivity index (χ2n) is 7.49. The van der Waals surface area contributed by atoms with Gasteiger partial charge in [0.1, 0.15) is 5.82 Å². The zero-order valence-electron chi connectivity index (χ0n) is 13.9. The molecule has 0 saturated carbocycles. The maximum atomic E-state index is 6.34. The van der Waals surface area contributed by atoms with Crippen molar-refractivity contribution >= 4 is 20.0 Å². The van der Waals surface area contributed by atoms with Gasteiger partial charge in [-0.2, -0.15) is 0 Å². The van der Waals surface area contributed by atoms with Crippen molar-refractivity contribution in [1.82, 2.24) is 10.2 Å². The lowest BCUT2D eigenvalue weighted by atomic mass is 10.1. The Kier molecular flexibility index (Phi) is 4.58. The van der Waals surface area contributed by atoms with Gasteiger partial charge in [-0.3, -0.25) is 0 Å². The Balaban J connectivity index is 1.87. The van der Waals surface area contributed by atoms with E-state index in [1.165, 1.54) is 0 Å². The van der Waals surface area contributed by atoms with Gasteiger partial charge < -0.3 is 15.1 Å². The first-order valence-corrected chi connectivity index (χ1v) is 10.6. The number of nitrogens with two attached hydrogens (primary N) is 1. The molecule has 1 atom stereocenters. The predicted octanol–water partition coefficient (Wildman–Crippen LogP) is 2.91. The lowest BCUT2D eigenvalue weighted by molar-refractivity contribution is 0.238. The normalized spacial score (nSPS) is 20.0. The first-order valence-electron chi connectivity index (χ1n) is 7.67. The molecular formula is C15H28N4OSi. The number of nitrogens with zero attached hydrogens (tertiary/aromatic N) is 3. The quantitative estimate of drug-likeness (QED) is 0.866. The molecule has 0 amide bonds. The van der Waals surface area contributed by atoms with Gasteiger partial charge >= 0.3 is 0 Å². The van der Waals surface area contributed by atoms with Gasteiger partial charge in [0.25, 0.3) is 0 Å². The molecule has 1 aromatic heterocycles. The number of rotatable bonds is 4. The second-order valence-corrected chi connectivity index (χ2v) is 12.3. The van der Waals surface area contributed by atoms with Crippen LogP contribution in [0.25, 0.3) is 0 Å². The van der Waals surface area contributed by atoms with E-state index in [9.17, 15) is 0 Å². The van der Waals surface area contributed by atoms with Crippen LogP contribution in [0.15, 0.2) is 12.1 Å². The molecule has 0 radical (unpaired) electrons. The van der Waals surface area contributed by atoms with E-state index in [1.807, 2.05) is 12.1 Å². The molecule has 1 saturated heterocycles. The Bertz CT molecular complexity index is 470. The second kappa shape index (κ2) is 5.92. The van der Waals surface area contributed by atoms with Gasteiger partial charge in [0, 0.05) is 25.6 Å². The standard InChI is InChI=1S/C15H28N4OSi/c1-15(2,3)21(4,5)20-11-12-8-9-19(10-12)14-7-6-13(16)17-18-14/h6-7,12H,8-11H2,1-5H3,(H2,16,17). The number of hydrogen-bond donors (Lipinski definition) is 1. The Morgan fingerprint density at radius 2 is 2.05 bits per heavy atom. The van der Waals surface area contributed by atoms with Crippen molar-refractivity contribution in [1.29, 1.82) is 0 Å². The van der Waals surface area contributed by atoms with Crippen LogP contribution in [0.5, 0.6) is 0 Å². The molecule has 0 bridgehead atoms. The zero-order chi connectivity index (χ0) is 15.7. The lowest BCUT2D eigenvalue weighted by Crippen LogP contribution is -2.42. The van der Waals surface area contributed by atoms with Gasteiger partial charge in [-0.05, 0) is 36.7 Å². The van der Waals surface area contributed by atoms with Gasteiger partial charge in [0.15, 0.2) is 14.1 Å². The van der Waals surface area contributed by atoms with E-state index in [2.05, 4.69) is 49.0 Å². The predicted molar refractivity (Wildman–Crippen MR) is 89.9 cm³/mol. The summed E-state index contributed by atoms with van der Waals surface area (Å²) in [6.45, 7) is 14.3. The fraction of sp³-hybridized carbons (Fsp3) is 0.733. The molecule has 1 aliphatic heterocycles. The van der Waals surface area contributed by atoms with Crippen LogP contribution in [-0.4, -0.2) is 38.2 Å². The van der Waals surface area contributed by atoms with E-state index in [1.54, 1.807) is 0 Å². The van der Waals surface area contributed by atoms with Crippen LogP contribution in [0.2, 0.25) is 18.1 Å². The summed E-state index contributed by atoms with van der Waals surface area (Å²) in [6, 6.07) is 3.75. The number of aromatic nitrogens is 2. The number of anilines is 2. The third-order valence-electron chi connectivity index (χ3n) is 4.77. The molecular weight excluding hydrogens is 280 g/mol. The number of hydrogen-bond acceptors (Lipinski definition) is 5. The number of nitrogen functional groups attached to an aromatic ring is 1. The molecule has 1 aromatic rings. The maximum absolute atomic E-state index is 6.34. The van der Waals surface area contributed by atoms with Crippen LogP contribution in [0, 0.1) is 5.92 Å². The van der Waals surface area contributed by atoms with E-state index < -0.39 is 8.32 Å². The maximum Gasteiger partial charge on any atom is 0.191 e. The minimum atomic E-state index is -1.64. The van der Waals surface area contributed by atoms with E-state index in [-0.39, 0.29) is 5.04 Å². The molecule has 118 valence electrons. The third kappa shape index (κ3) is 3.94. The molecule has 2 rings (SSSR count). The molecule has 1 fully saturated rings. The summed E-state index contributed by atoms with van der Waals surface area (Å²) in [5.74, 6) is 1.97. The molecule has 0 aliphatic carbocycles. The topological polar surface area (TPSA) is 64.3 Å². The Morgan fingerprint density at radius 1 is 1.33 bits per heavy atom. The highest BCUT2D eigenvalue weighted by Crippen LogP contribution is 2.37. The molecule has 0 aromatic carbocycles. The van der Waals surface area contributed by atoms with Crippen LogP contribution in [0.4, 0.5) is 11.6 Å². The van der Waals surface area contributed by atoms with Crippen molar-refractivity contribution in [2.75, 3.05) is 30.3 Å². The monoisotopic (exact) mass is 308 g/mol. The summed E-state index contributed by atoms with van der Waals surface area (Å²) in [4.78, 5) is 2.27. The molecule has 1 aliphatic rings. The van der Waals surface area contributed by atoms with Gasteiger partial charge in [-0.1, -0.05) is 20.8 Å².